The maximum Gasteiger partial charge on any atom is 0.293 e. The molecule has 0 aliphatic carbocycles. The molecule has 0 heterocycles. The summed E-state index contributed by atoms with van der Waals surface area (Å²) >= 11 is 0. The van der Waals surface area contributed by atoms with Crippen LogP contribution in [0.5, 0.6) is 0 Å². The van der Waals surface area contributed by atoms with Crippen molar-refractivity contribution < 1.29 is 9.72 Å². The average molecular weight is 327 g/mol. The van der Waals surface area contributed by atoms with Crippen LogP contribution in [0.1, 0.15) is 40.9 Å². The largest absolute Gasteiger partial charge is 0.383 e. The molecular weight excluding hydrogens is 306 g/mol. The topological polar surface area (TPSA) is 84.3 Å². The number of hydrogen-bond acceptors (Lipinski definition) is 4. The first-order chi connectivity index (χ1) is 11.5. The van der Waals surface area contributed by atoms with E-state index in [0.717, 1.165) is 17.5 Å². The van der Waals surface area contributed by atoms with Gasteiger partial charge in [0.25, 0.3) is 11.6 Å². The minimum absolute atomic E-state index is 0.117. The molecule has 0 unspecified atom stereocenters. The standard InChI is InChI=1S/C18H21N3O3/c1-4-15(13-7-5-12(2)6-8-13)20-18(22)14-9-10-16(19-3)17(11-14)21(23)24/h5-11,15,19H,4H2,1-3H3,(H,20,22)/t15-/m1/s1. The summed E-state index contributed by atoms with van der Waals surface area (Å²) in [6, 6.07) is 12.2. The predicted octanol–water partition coefficient (Wildman–Crippen LogP) is 3.83. The van der Waals surface area contributed by atoms with Crippen molar-refractivity contribution in [3.63, 3.8) is 0 Å². The first kappa shape index (κ1) is 17.5. The number of hydrogen-bond donors (Lipinski definition) is 2. The Morgan fingerprint density at radius 1 is 1.21 bits per heavy atom. The van der Waals surface area contributed by atoms with Gasteiger partial charge >= 0.3 is 0 Å². The molecule has 2 N–H and O–H groups in total. The quantitative estimate of drug-likeness (QED) is 0.624. The lowest BCUT2D eigenvalue weighted by atomic mass is 10.0. The number of nitrogens with one attached hydrogen (secondary N) is 2. The first-order valence-corrected chi connectivity index (χ1v) is 7.79. The number of nitro groups is 1. The zero-order valence-electron chi connectivity index (χ0n) is 14.0. The molecule has 1 atom stereocenters. The van der Waals surface area contributed by atoms with Crippen molar-refractivity contribution in [1.82, 2.24) is 5.32 Å². The van der Waals surface area contributed by atoms with E-state index >= 15 is 0 Å². The summed E-state index contributed by atoms with van der Waals surface area (Å²) in [5.74, 6) is -0.326. The molecule has 0 aromatic heterocycles. The van der Waals surface area contributed by atoms with E-state index in [4.69, 9.17) is 0 Å². The Balaban J connectivity index is 2.23. The smallest absolute Gasteiger partial charge is 0.293 e. The van der Waals surface area contributed by atoms with Gasteiger partial charge in [0, 0.05) is 18.7 Å². The third-order valence-electron chi connectivity index (χ3n) is 3.92. The molecule has 2 rings (SSSR count). The van der Waals surface area contributed by atoms with Gasteiger partial charge in [-0.05, 0) is 31.0 Å². The number of anilines is 1. The third kappa shape index (κ3) is 3.90. The number of nitro benzene ring substituents is 1. The first-order valence-electron chi connectivity index (χ1n) is 7.79. The maximum atomic E-state index is 12.5. The summed E-state index contributed by atoms with van der Waals surface area (Å²) in [5.41, 5.74) is 2.69. The van der Waals surface area contributed by atoms with Crippen LogP contribution in [-0.2, 0) is 0 Å². The summed E-state index contributed by atoms with van der Waals surface area (Å²) in [7, 11) is 1.60. The van der Waals surface area contributed by atoms with E-state index in [0.29, 0.717) is 5.69 Å². The van der Waals surface area contributed by atoms with Crippen molar-refractivity contribution >= 4 is 17.3 Å². The van der Waals surface area contributed by atoms with Gasteiger partial charge < -0.3 is 10.6 Å². The molecule has 6 heteroatoms. The van der Waals surface area contributed by atoms with Gasteiger partial charge in [-0.2, -0.15) is 0 Å². The average Bonchev–Trinajstić information content (AvgIpc) is 2.59. The SMILES string of the molecule is CC[C@@H](NC(=O)c1ccc(NC)c([N+](=O)[O-])c1)c1ccc(C)cc1. The van der Waals surface area contributed by atoms with Gasteiger partial charge in [-0.15, -0.1) is 0 Å². The third-order valence-corrected chi connectivity index (χ3v) is 3.92. The van der Waals surface area contributed by atoms with Crippen LogP contribution in [-0.4, -0.2) is 17.9 Å². The van der Waals surface area contributed by atoms with E-state index in [2.05, 4.69) is 10.6 Å². The Labute approximate surface area is 141 Å². The van der Waals surface area contributed by atoms with Gasteiger partial charge in [0.05, 0.1) is 11.0 Å². The summed E-state index contributed by atoms with van der Waals surface area (Å²) in [5, 5.41) is 16.8. The van der Waals surface area contributed by atoms with Crippen molar-refractivity contribution in [3.8, 4) is 0 Å². The number of rotatable bonds is 6. The summed E-state index contributed by atoms with van der Waals surface area (Å²) in [6.45, 7) is 3.99. The van der Waals surface area contributed by atoms with Crippen LogP contribution in [0.4, 0.5) is 11.4 Å². The summed E-state index contributed by atoms with van der Waals surface area (Å²) in [4.78, 5) is 23.1. The Kier molecular flexibility index (Phi) is 5.52. The summed E-state index contributed by atoms with van der Waals surface area (Å²) < 4.78 is 0. The molecule has 0 spiro atoms. The van der Waals surface area contributed by atoms with Crippen LogP contribution in [0.15, 0.2) is 42.5 Å². The lowest BCUT2D eigenvalue weighted by Crippen LogP contribution is -2.28. The fourth-order valence-electron chi connectivity index (χ4n) is 2.50. The molecule has 0 radical (unpaired) electrons. The second-order valence-corrected chi connectivity index (χ2v) is 5.58. The molecule has 1 amide bonds. The number of carbonyl (C=O) groups is 1. The highest BCUT2D eigenvalue weighted by molar-refractivity contribution is 5.96. The molecular formula is C18H21N3O3. The Morgan fingerprint density at radius 2 is 1.88 bits per heavy atom. The molecule has 2 aromatic carbocycles. The molecule has 0 saturated heterocycles. The molecule has 24 heavy (non-hydrogen) atoms. The normalized spacial score (nSPS) is 11.6. The number of amides is 1. The zero-order chi connectivity index (χ0) is 17.7. The predicted molar refractivity (Wildman–Crippen MR) is 94.3 cm³/mol. The van der Waals surface area contributed by atoms with Gasteiger partial charge in [-0.1, -0.05) is 36.8 Å². The van der Waals surface area contributed by atoms with Gasteiger partial charge in [-0.3, -0.25) is 14.9 Å². The summed E-state index contributed by atoms with van der Waals surface area (Å²) in [6.07, 6.45) is 0.728. The van der Waals surface area contributed by atoms with Crippen LogP contribution < -0.4 is 10.6 Å². The minimum atomic E-state index is -0.500. The van der Waals surface area contributed by atoms with Crippen molar-refractivity contribution in [2.45, 2.75) is 26.3 Å². The number of benzene rings is 2. The molecule has 0 aliphatic heterocycles. The number of aryl methyl sites for hydroxylation is 1. The highest BCUT2D eigenvalue weighted by atomic mass is 16.6. The Bertz CT molecular complexity index is 742. The second-order valence-electron chi connectivity index (χ2n) is 5.58. The fourth-order valence-corrected chi connectivity index (χ4v) is 2.50. The van der Waals surface area contributed by atoms with Gasteiger partial charge in [0.2, 0.25) is 0 Å². The monoisotopic (exact) mass is 327 g/mol. The van der Waals surface area contributed by atoms with Gasteiger partial charge in [0.1, 0.15) is 5.69 Å². The van der Waals surface area contributed by atoms with Crippen LogP contribution >= 0.6 is 0 Å². The number of nitrogens with zero attached hydrogens (tertiary/aromatic N) is 1. The molecule has 126 valence electrons. The Hall–Kier alpha value is -2.89. The zero-order valence-corrected chi connectivity index (χ0v) is 14.0. The van der Waals surface area contributed by atoms with E-state index in [1.807, 2.05) is 38.1 Å². The van der Waals surface area contributed by atoms with E-state index in [-0.39, 0.29) is 23.2 Å². The van der Waals surface area contributed by atoms with E-state index in [9.17, 15) is 14.9 Å². The number of carbonyl (C=O) groups excluding carboxylic acids is 1. The lowest BCUT2D eigenvalue weighted by Gasteiger charge is -2.18. The van der Waals surface area contributed by atoms with Crippen molar-refractivity contribution in [2.75, 3.05) is 12.4 Å². The van der Waals surface area contributed by atoms with Crippen molar-refractivity contribution in [1.29, 1.82) is 0 Å². The molecule has 0 bridgehead atoms. The van der Waals surface area contributed by atoms with Crippen LogP contribution in [0.2, 0.25) is 0 Å². The van der Waals surface area contributed by atoms with Crippen LogP contribution in [0, 0.1) is 17.0 Å². The molecule has 2 aromatic rings. The molecule has 0 fully saturated rings. The van der Waals surface area contributed by atoms with Crippen LogP contribution in [0.25, 0.3) is 0 Å². The Morgan fingerprint density at radius 3 is 2.42 bits per heavy atom. The molecule has 6 nitrogen and oxygen atoms in total. The fraction of sp³-hybridized carbons (Fsp3) is 0.278. The highest BCUT2D eigenvalue weighted by Crippen LogP contribution is 2.25. The van der Waals surface area contributed by atoms with Gasteiger partial charge in [0.15, 0.2) is 0 Å². The van der Waals surface area contributed by atoms with Gasteiger partial charge in [-0.25, -0.2) is 0 Å². The van der Waals surface area contributed by atoms with Crippen molar-refractivity contribution in [2.24, 2.45) is 0 Å². The minimum Gasteiger partial charge on any atom is -0.383 e. The van der Waals surface area contributed by atoms with E-state index < -0.39 is 4.92 Å². The van der Waals surface area contributed by atoms with Crippen molar-refractivity contribution in [3.05, 3.63) is 69.3 Å². The molecule has 0 aliphatic rings. The van der Waals surface area contributed by atoms with Crippen LogP contribution in [0.3, 0.4) is 0 Å². The second kappa shape index (κ2) is 7.59. The highest BCUT2D eigenvalue weighted by Gasteiger charge is 2.19. The lowest BCUT2D eigenvalue weighted by molar-refractivity contribution is -0.384. The maximum absolute atomic E-state index is 12.5. The van der Waals surface area contributed by atoms with E-state index in [1.54, 1.807) is 19.2 Å². The molecule has 0 saturated carbocycles. The van der Waals surface area contributed by atoms with E-state index in [1.165, 1.54) is 6.07 Å².